The fourth-order valence-corrected chi connectivity index (χ4v) is 3.78. The summed E-state index contributed by atoms with van der Waals surface area (Å²) in [5.41, 5.74) is 2.15. The molecule has 160 valence electrons. The van der Waals surface area contributed by atoms with Crippen LogP contribution in [0.25, 0.3) is 6.08 Å². The van der Waals surface area contributed by atoms with E-state index in [0.29, 0.717) is 37.9 Å². The smallest absolute Gasteiger partial charge is 0.185 e. The third kappa shape index (κ3) is 5.95. The zero-order valence-electron chi connectivity index (χ0n) is 16.8. The van der Waals surface area contributed by atoms with Gasteiger partial charge >= 0.3 is 0 Å². The summed E-state index contributed by atoms with van der Waals surface area (Å²) < 4.78 is 16.3. The van der Waals surface area contributed by atoms with Gasteiger partial charge in [0.2, 0.25) is 0 Å². The second-order valence-corrected chi connectivity index (χ2v) is 7.74. The van der Waals surface area contributed by atoms with E-state index in [-0.39, 0.29) is 12.4 Å². The average Bonchev–Trinajstić information content (AvgIpc) is 2.76. The maximum atomic E-state index is 12.4. The zero-order chi connectivity index (χ0) is 22.4. The Labute approximate surface area is 195 Å². The van der Waals surface area contributed by atoms with E-state index in [0.717, 1.165) is 11.1 Å². The monoisotopic (exact) mass is 476 g/mol. The van der Waals surface area contributed by atoms with E-state index in [9.17, 15) is 4.79 Å². The van der Waals surface area contributed by atoms with Crippen LogP contribution in [0.4, 0.5) is 0 Å². The van der Waals surface area contributed by atoms with E-state index in [2.05, 4.69) is 0 Å². The van der Waals surface area contributed by atoms with Crippen LogP contribution in [-0.4, -0.2) is 20.0 Å². The molecule has 0 aromatic heterocycles. The van der Waals surface area contributed by atoms with Gasteiger partial charge in [-0.2, -0.15) is 0 Å². The molecule has 7 heteroatoms. The summed E-state index contributed by atoms with van der Waals surface area (Å²) >= 11 is 18.3. The molecule has 0 heterocycles. The van der Waals surface area contributed by atoms with Crippen LogP contribution < -0.4 is 14.2 Å². The zero-order valence-corrected chi connectivity index (χ0v) is 19.1. The Morgan fingerprint density at radius 3 is 2.19 bits per heavy atom. The van der Waals surface area contributed by atoms with Crippen LogP contribution in [0.1, 0.15) is 21.5 Å². The van der Waals surface area contributed by atoms with Gasteiger partial charge in [-0.05, 0) is 60.2 Å². The Morgan fingerprint density at radius 1 is 0.903 bits per heavy atom. The number of hydrogen-bond acceptors (Lipinski definition) is 4. The molecule has 0 aliphatic carbocycles. The highest BCUT2D eigenvalue weighted by atomic mass is 35.5. The molecule has 0 amide bonds. The van der Waals surface area contributed by atoms with Gasteiger partial charge in [-0.1, -0.05) is 46.9 Å². The SMILES string of the molecule is COc1ccc(C(=O)/C=C/c2ccc(OC)c(COc3c(Cl)cc(Cl)cc3Cl)c2)cc1. The molecule has 4 nitrogen and oxygen atoms in total. The van der Waals surface area contributed by atoms with Crippen LogP contribution in [0, 0.1) is 0 Å². The standard InChI is InChI=1S/C24H19Cl3O4/c1-29-19-7-5-16(6-8-19)22(28)9-3-15-4-10-23(30-2)17(11-15)14-31-24-20(26)12-18(25)13-21(24)27/h3-13H,14H2,1-2H3/b9-3+. The normalized spacial score (nSPS) is 10.9. The number of halogens is 3. The van der Waals surface area contributed by atoms with Crippen LogP contribution in [0.5, 0.6) is 17.2 Å². The Bertz CT molecular complexity index is 1090. The van der Waals surface area contributed by atoms with Gasteiger partial charge in [0.15, 0.2) is 11.5 Å². The van der Waals surface area contributed by atoms with Crippen LogP contribution in [0.2, 0.25) is 15.1 Å². The van der Waals surface area contributed by atoms with E-state index in [4.69, 9.17) is 49.0 Å². The molecule has 0 N–H and O–H groups in total. The highest BCUT2D eigenvalue weighted by Gasteiger charge is 2.12. The first-order valence-corrected chi connectivity index (χ1v) is 10.4. The number of carbonyl (C=O) groups excluding carboxylic acids is 1. The maximum absolute atomic E-state index is 12.4. The molecule has 3 rings (SSSR count). The first-order chi connectivity index (χ1) is 14.9. The minimum absolute atomic E-state index is 0.115. The predicted octanol–water partition coefficient (Wildman–Crippen LogP) is 7.14. The second kappa shape index (κ2) is 10.6. The summed E-state index contributed by atoms with van der Waals surface area (Å²) in [4.78, 5) is 12.4. The molecule has 0 aliphatic rings. The van der Waals surface area contributed by atoms with Gasteiger partial charge in [0, 0.05) is 16.1 Å². The number of carbonyl (C=O) groups is 1. The lowest BCUT2D eigenvalue weighted by molar-refractivity contribution is 0.104. The third-order valence-corrected chi connectivity index (χ3v) is 5.22. The number of methoxy groups -OCH3 is 2. The van der Waals surface area contributed by atoms with Crippen LogP contribution >= 0.6 is 34.8 Å². The summed E-state index contributed by atoms with van der Waals surface area (Å²) in [6.07, 6.45) is 3.25. The molecule has 0 atom stereocenters. The topological polar surface area (TPSA) is 44.8 Å². The van der Waals surface area contributed by atoms with Gasteiger partial charge in [0.1, 0.15) is 18.1 Å². The van der Waals surface area contributed by atoms with Crippen molar-refractivity contribution in [3.63, 3.8) is 0 Å². The van der Waals surface area contributed by atoms with E-state index in [1.807, 2.05) is 12.1 Å². The van der Waals surface area contributed by atoms with Crippen molar-refractivity contribution in [1.29, 1.82) is 0 Å². The van der Waals surface area contributed by atoms with Crippen LogP contribution in [0.15, 0.2) is 60.7 Å². The number of benzene rings is 3. The largest absolute Gasteiger partial charge is 0.497 e. The number of allylic oxidation sites excluding steroid dienone is 1. The quantitative estimate of drug-likeness (QED) is 0.255. The Hall–Kier alpha value is -2.66. The van der Waals surface area contributed by atoms with Crippen molar-refractivity contribution in [3.05, 3.63) is 92.4 Å². The minimum Gasteiger partial charge on any atom is -0.497 e. The molecular formula is C24H19Cl3O4. The predicted molar refractivity (Wildman–Crippen MR) is 125 cm³/mol. The van der Waals surface area contributed by atoms with Crippen molar-refractivity contribution in [1.82, 2.24) is 0 Å². The third-order valence-electron chi connectivity index (χ3n) is 4.44. The van der Waals surface area contributed by atoms with Crippen LogP contribution in [0.3, 0.4) is 0 Å². The average molecular weight is 478 g/mol. The van der Waals surface area contributed by atoms with Crippen LogP contribution in [-0.2, 0) is 6.61 Å². The molecule has 0 aliphatic heterocycles. The van der Waals surface area contributed by atoms with Crippen molar-refractivity contribution in [2.45, 2.75) is 6.61 Å². The molecule has 0 unspecified atom stereocenters. The molecule has 0 saturated carbocycles. The molecule has 31 heavy (non-hydrogen) atoms. The summed E-state index contributed by atoms with van der Waals surface area (Å²) in [5.74, 6) is 1.56. The highest BCUT2D eigenvalue weighted by molar-refractivity contribution is 6.40. The van der Waals surface area contributed by atoms with Crippen molar-refractivity contribution < 1.29 is 19.0 Å². The first-order valence-electron chi connectivity index (χ1n) is 9.22. The molecule has 0 fully saturated rings. The number of hydrogen-bond donors (Lipinski definition) is 0. The summed E-state index contributed by atoms with van der Waals surface area (Å²) in [6, 6.07) is 15.6. The fraction of sp³-hybridized carbons (Fsp3) is 0.125. The second-order valence-electron chi connectivity index (χ2n) is 6.48. The van der Waals surface area contributed by atoms with E-state index >= 15 is 0 Å². The summed E-state index contributed by atoms with van der Waals surface area (Å²) in [7, 11) is 3.15. The number of ketones is 1. The van der Waals surface area contributed by atoms with Crippen molar-refractivity contribution in [3.8, 4) is 17.2 Å². The van der Waals surface area contributed by atoms with Gasteiger partial charge < -0.3 is 14.2 Å². The molecule has 3 aromatic carbocycles. The highest BCUT2D eigenvalue weighted by Crippen LogP contribution is 2.36. The first kappa shape index (κ1) is 23.0. The van der Waals surface area contributed by atoms with Gasteiger partial charge in [-0.15, -0.1) is 0 Å². The lowest BCUT2D eigenvalue weighted by atomic mass is 10.1. The summed E-state index contributed by atoms with van der Waals surface area (Å²) in [5, 5.41) is 1.06. The van der Waals surface area contributed by atoms with E-state index in [1.54, 1.807) is 62.8 Å². The molecule has 0 saturated heterocycles. The fourth-order valence-electron chi connectivity index (χ4n) is 2.86. The van der Waals surface area contributed by atoms with Crippen molar-refractivity contribution in [2.24, 2.45) is 0 Å². The van der Waals surface area contributed by atoms with Gasteiger partial charge in [0.05, 0.1) is 24.3 Å². The lowest BCUT2D eigenvalue weighted by Crippen LogP contribution is -2.00. The van der Waals surface area contributed by atoms with Gasteiger partial charge in [-0.3, -0.25) is 4.79 Å². The number of ether oxygens (including phenoxy) is 3. The van der Waals surface area contributed by atoms with E-state index < -0.39 is 0 Å². The molecule has 0 bridgehead atoms. The van der Waals surface area contributed by atoms with Gasteiger partial charge in [0.25, 0.3) is 0 Å². The number of rotatable bonds is 8. The molecule has 0 radical (unpaired) electrons. The molecular weight excluding hydrogens is 459 g/mol. The Morgan fingerprint density at radius 2 is 1.58 bits per heavy atom. The lowest BCUT2D eigenvalue weighted by Gasteiger charge is -2.13. The Balaban J connectivity index is 1.77. The molecule has 0 spiro atoms. The van der Waals surface area contributed by atoms with Gasteiger partial charge in [-0.25, -0.2) is 0 Å². The Kier molecular flexibility index (Phi) is 7.85. The van der Waals surface area contributed by atoms with Crippen molar-refractivity contribution in [2.75, 3.05) is 14.2 Å². The van der Waals surface area contributed by atoms with E-state index in [1.165, 1.54) is 6.08 Å². The summed E-state index contributed by atoms with van der Waals surface area (Å²) in [6.45, 7) is 0.165. The van der Waals surface area contributed by atoms with Crippen molar-refractivity contribution >= 4 is 46.7 Å². The molecule has 3 aromatic rings. The maximum Gasteiger partial charge on any atom is 0.185 e. The minimum atomic E-state index is -0.115.